The molecule has 0 fully saturated rings. The smallest absolute Gasteiger partial charge is 0.243 e. The Hall–Kier alpha value is -2.55. The van der Waals surface area contributed by atoms with Crippen LogP contribution >= 0.6 is 12.2 Å². The second kappa shape index (κ2) is 8.52. The number of H-pyrrole nitrogens is 1. The molecule has 0 bridgehead atoms. The number of hydrogen-bond acceptors (Lipinski definition) is 4. The standard InChI is InChI=1S/C16H20FN5O2S/c1-3-5-13-19-20-16(25)22(13)10-15(24)21(2)9-14(23)18-12-7-4-6-11(17)8-12/h4,6-8H,3,5,9-10H2,1-2H3,(H,18,23)(H,20,25). The number of aromatic amines is 1. The quantitative estimate of drug-likeness (QED) is 0.737. The van der Waals surface area contributed by atoms with Crippen molar-refractivity contribution >= 4 is 29.7 Å². The molecule has 2 rings (SSSR count). The number of aryl methyl sites for hydroxylation is 1. The molecule has 2 amide bonds. The summed E-state index contributed by atoms with van der Waals surface area (Å²) in [6.45, 7) is 1.87. The van der Waals surface area contributed by atoms with Crippen molar-refractivity contribution in [3.8, 4) is 0 Å². The number of rotatable bonds is 7. The highest BCUT2D eigenvalue weighted by Gasteiger charge is 2.16. The molecule has 9 heteroatoms. The monoisotopic (exact) mass is 365 g/mol. The molecule has 0 atom stereocenters. The Morgan fingerprint density at radius 2 is 2.20 bits per heavy atom. The molecule has 0 unspecified atom stereocenters. The number of carbonyl (C=O) groups is 2. The Labute approximate surface area is 149 Å². The number of nitrogens with one attached hydrogen (secondary N) is 2. The van der Waals surface area contributed by atoms with Gasteiger partial charge in [-0.2, -0.15) is 5.10 Å². The van der Waals surface area contributed by atoms with E-state index in [4.69, 9.17) is 12.2 Å². The van der Waals surface area contributed by atoms with Crippen molar-refractivity contribution < 1.29 is 14.0 Å². The van der Waals surface area contributed by atoms with Crippen LogP contribution in [0.1, 0.15) is 19.2 Å². The van der Waals surface area contributed by atoms with E-state index in [1.807, 2.05) is 6.92 Å². The van der Waals surface area contributed by atoms with Gasteiger partial charge >= 0.3 is 0 Å². The number of aromatic nitrogens is 3. The molecule has 2 aromatic rings. The first-order valence-electron chi connectivity index (χ1n) is 7.84. The van der Waals surface area contributed by atoms with Crippen molar-refractivity contribution in [2.24, 2.45) is 0 Å². The summed E-state index contributed by atoms with van der Waals surface area (Å²) < 4.78 is 15.1. The van der Waals surface area contributed by atoms with E-state index in [9.17, 15) is 14.0 Å². The zero-order valence-electron chi connectivity index (χ0n) is 14.1. The molecule has 2 N–H and O–H groups in total. The van der Waals surface area contributed by atoms with E-state index in [0.717, 1.165) is 6.42 Å². The zero-order valence-corrected chi connectivity index (χ0v) is 14.9. The fourth-order valence-corrected chi connectivity index (χ4v) is 2.47. The molecule has 25 heavy (non-hydrogen) atoms. The van der Waals surface area contributed by atoms with Gasteiger partial charge in [0.1, 0.15) is 18.2 Å². The lowest BCUT2D eigenvalue weighted by Gasteiger charge is -2.17. The lowest BCUT2D eigenvalue weighted by atomic mass is 10.3. The Balaban J connectivity index is 1.95. The lowest BCUT2D eigenvalue weighted by Crippen LogP contribution is -2.37. The fourth-order valence-electron chi connectivity index (χ4n) is 2.25. The molecular formula is C16H20FN5O2S. The molecule has 0 aliphatic heterocycles. The Bertz CT molecular complexity index is 817. The van der Waals surface area contributed by atoms with E-state index in [1.54, 1.807) is 10.6 Å². The average Bonchev–Trinajstić information content (AvgIpc) is 2.88. The second-order valence-corrected chi connectivity index (χ2v) is 5.98. The summed E-state index contributed by atoms with van der Waals surface area (Å²) in [7, 11) is 1.52. The SMILES string of the molecule is CCCc1n[nH]c(=S)n1CC(=O)N(C)CC(=O)Nc1cccc(F)c1. The number of hydrogen-bond donors (Lipinski definition) is 2. The third-order valence-corrected chi connectivity index (χ3v) is 3.83. The van der Waals surface area contributed by atoms with E-state index < -0.39 is 11.7 Å². The van der Waals surface area contributed by atoms with Gasteiger partial charge in [0.2, 0.25) is 11.8 Å². The van der Waals surface area contributed by atoms with E-state index in [2.05, 4.69) is 15.5 Å². The van der Waals surface area contributed by atoms with Crippen LogP contribution in [-0.4, -0.2) is 45.1 Å². The molecule has 0 saturated carbocycles. The van der Waals surface area contributed by atoms with Crippen LogP contribution in [-0.2, 0) is 22.6 Å². The summed E-state index contributed by atoms with van der Waals surface area (Å²) in [5.41, 5.74) is 0.341. The zero-order chi connectivity index (χ0) is 18.4. The van der Waals surface area contributed by atoms with Crippen LogP contribution < -0.4 is 5.32 Å². The van der Waals surface area contributed by atoms with E-state index in [1.165, 1.54) is 30.1 Å². The Morgan fingerprint density at radius 3 is 2.88 bits per heavy atom. The van der Waals surface area contributed by atoms with Crippen molar-refractivity contribution in [1.82, 2.24) is 19.7 Å². The number of benzene rings is 1. The van der Waals surface area contributed by atoms with Gasteiger partial charge in [-0.05, 0) is 36.8 Å². The van der Waals surface area contributed by atoms with Gasteiger partial charge in [-0.15, -0.1) is 0 Å². The normalized spacial score (nSPS) is 10.5. The van der Waals surface area contributed by atoms with Gasteiger partial charge in [0.15, 0.2) is 4.77 Å². The minimum absolute atomic E-state index is 0.00835. The summed E-state index contributed by atoms with van der Waals surface area (Å²) in [6, 6.07) is 5.57. The van der Waals surface area contributed by atoms with Crippen molar-refractivity contribution in [3.05, 3.63) is 40.7 Å². The van der Waals surface area contributed by atoms with Gasteiger partial charge in [-0.3, -0.25) is 19.3 Å². The largest absolute Gasteiger partial charge is 0.335 e. The number of carbonyl (C=O) groups excluding carboxylic acids is 2. The number of amides is 2. The van der Waals surface area contributed by atoms with Crippen molar-refractivity contribution in [2.75, 3.05) is 18.9 Å². The van der Waals surface area contributed by atoms with Gasteiger partial charge in [-0.25, -0.2) is 4.39 Å². The first kappa shape index (κ1) is 18.8. The molecule has 7 nitrogen and oxygen atoms in total. The first-order chi connectivity index (χ1) is 11.9. The highest BCUT2D eigenvalue weighted by molar-refractivity contribution is 7.71. The van der Waals surface area contributed by atoms with Crippen LogP contribution in [0.2, 0.25) is 0 Å². The van der Waals surface area contributed by atoms with Crippen molar-refractivity contribution in [2.45, 2.75) is 26.3 Å². The topological polar surface area (TPSA) is 83.0 Å². The van der Waals surface area contributed by atoms with Crippen LogP contribution in [0.15, 0.2) is 24.3 Å². The van der Waals surface area contributed by atoms with E-state index >= 15 is 0 Å². The summed E-state index contributed by atoms with van der Waals surface area (Å²) in [5, 5.41) is 9.33. The second-order valence-electron chi connectivity index (χ2n) is 5.59. The molecule has 1 heterocycles. The maximum Gasteiger partial charge on any atom is 0.243 e. The van der Waals surface area contributed by atoms with Gasteiger partial charge in [0, 0.05) is 19.2 Å². The summed E-state index contributed by atoms with van der Waals surface area (Å²) in [5.74, 6) is -0.422. The predicted molar refractivity (Wildman–Crippen MR) is 94.1 cm³/mol. The van der Waals surface area contributed by atoms with Crippen LogP contribution in [0.3, 0.4) is 0 Å². The molecule has 0 spiro atoms. The molecular weight excluding hydrogens is 345 g/mol. The summed E-state index contributed by atoms with van der Waals surface area (Å²) in [4.78, 5) is 25.6. The molecule has 0 radical (unpaired) electrons. The number of halogens is 1. The molecule has 0 aliphatic carbocycles. The van der Waals surface area contributed by atoms with Crippen LogP contribution in [0.4, 0.5) is 10.1 Å². The van der Waals surface area contributed by atoms with Gasteiger partial charge in [-0.1, -0.05) is 13.0 Å². The van der Waals surface area contributed by atoms with Crippen LogP contribution in [0.5, 0.6) is 0 Å². The minimum Gasteiger partial charge on any atom is -0.335 e. The van der Waals surface area contributed by atoms with Gasteiger partial charge in [0.25, 0.3) is 0 Å². The molecule has 134 valence electrons. The first-order valence-corrected chi connectivity index (χ1v) is 8.25. The highest BCUT2D eigenvalue weighted by atomic mass is 32.1. The van der Waals surface area contributed by atoms with Crippen molar-refractivity contribution in [1.29, 1.82) is 0 Å². The minimum atomic E-state index is -0.444. The number of nitrogens with zero attached hydrogens (tertiary/aromatic N) is 3. The highest BCUT2D eigenvalue weighted by Crippen LogP contribution is 2.09. The van der Waals surface area contributed by atoms with E-state index in [-0.39, 0.29) is 19.0 Å². The fraction of sp³-hybridized carbons (Fsp3) is 0.375. The maximum absolute atomic E-state index is 13.1. The lowest BCUT2D eigenvalue weighted by molar-refractivity contribution is -0.133. The van der Waals surface area contributed by atoms with Crippen LogP contribution in [0, 0.1) is 10.6 Å². The molecule has 1 aromatic heterocycles. The summed E-state index contributed by atoms with van der Waals surface area (Å²) in [6.07, 6.45) is 1.57. The predicted octanol–water partition coefficient (Wildman–Crippen LogP) is 2.13. The third kappa shape index (κ3) is 5.21. The van der Waals surface area contributed by atoms with Crippen LogP contribution in [0.25, 0.3) is 0 Å². The number of likely N-dealkylation sites (N-methyl/N-ethyl adjacent to an activating group) is 1. The maximum atomic E-state index is 13.1. The van der Waals surface area contributed by atoms with Gasteiger partial charge < -0.3 is 10.2 Å². The molecule has 0 saturated heterocycles. The number of anilines is 1. The summed E-state index contributed by atoms with van der Waals surface area (Å²) >= 11 is 5.14. The molecule has 0 aliphatic rings. The Morgan fingerprint density at radius 1 is 1.44 bits per heavy atom. The molecule has 1 aromatic carbocycles. The average molecular weight is 365 g/mol. The third-order valence-electron chi connectivity index (χ3n) is 3.52. The van der Waals surface area contributed by atoms with Gasteiger partial charge in [0.05, 0.1) is 6.54 Å². The Kier molecular flexibility index (Phi) is 6.40. The van der Waals surface area contributed by atoms with E-state index in [0.29, 0.717) is 22.7 Å². The van der Waals surface area contributed by atoms with Crippen molar-refractivity contribution in [3.63, 3.8) is 0 Å².